The molecule has 0 spiro atoms. The molecule has 0 radical (unpaired) electrons. The zero-order valence-corrected chi connectivity index (χ0v) is 12.5. The van der Waals surface area contributed by atoms with Crippen LogP contribution in [0.15, 0.2) is 0 Å². The second kappa shape index (κ2) is 7.64. The first-order chi connectivity index (χ1) is 10.1. The van der Waals surface area contributed by atoms with Crippen molar-refractivity contribution in [3.63, 3.8) is 0 Å². The summed E-state index contributed by atoms with van der Waals surface area (Å²) in [6.07, 6.45) is 7.04. The van der Waals surface area contributed by atoms with Crippen LogP contribution in [0.25, 0.3) is 0 Å². The largest absolute Gasteiger partial charge is 0.481 e. The van der Waals surface area contributed by atoms with Gasteiger partial charge in [0.1, 0.15) is 0 Å². The highest BCUT2D eigenvalue weighted by Gasteiger charge is 2.40. The normalized spacial score (nSPS) is 22.5. The Morgan fingerprint density at radius 2 is 1.76 bits per heavy atom. The van der Waals surface area contributed by atoms with Crippen molar-refractivity contribution >= 4 is 12.0 Å². The molecule has 0 aromatic rings. The molecule has 3 N–H and O–H groups in total. The van der Waals surface area contributed by atoms with Gasteiger partial charge >= 0.3 is 12.0 Å². The average molecular weight is 298 g/mol. The smallest absolute Gasteiger partial charge is 0.314 e. The molecule has 1 heterocycles. The van der Waals surface area contributed by atoms with Crippen LogP contribution in [0.2, 0.25) is 0 Å². The molecule has 1 aliphatic carbocycles. The van der Waals surface area contributed by atoms with Gasteiger partial charge in [0, 0.05) is 26.3 Å². The minimum absolute atomic E-state index is 0.169. The minimum Gasteiger partial charge on any atom is -0.481 e. The lowest BCUT2D eigenvalue weighted by Crippen LogP contribution is -2.49. The predicted molar refractivity (Wildman–Crippen MR) is 78.1 cm³/mol. The Balaban J connectivity index is 1.72. The van der Waals surface area contributed by atoms with Crippen LogP contribution in [0.1, 0.15) is 44.9 Å². The molecule has 0 aromatic heterocycles. The van der Waals surface area contributed by atoms with Crippen LogP contribution in [0, 0.1) is 11.3 Å². The van der Waals surface area contributed by atoms with Gasteiger partial charge in [-0.25, -0.2) is 4.79 Å². The van der Waals surface area contributed by atoms with Crippen LogP contribution in [-0.4, -0.2) is 43.4 Å². The summed E-state index contributed by atoms with van der Waals surface area (Å²) in [6, 6.07) is -0.257. The highest BCUT2D eigenvalue weighted by molar-refractivity contribution is 5.78. The fourth-order valence-corrected chi connectivity index (χ4v) is 3.17. The quantitative estimate of drug-likeness (QED) is 0.721. The van der Waals surface area contributed by atoms with Crippen LogP contribution >= 0.6 is 0 Å². The topological polar surface area (TPSA) is 87.7 Å². The molecule has 1 saturated carbocycles. The lowest BCUT2D eigenvalue weighted by molar-refractivity contribution is -0.154. The molecule has 1 saturated heterocycles. The van der Waals surface area contributed by atoms with E-state index in [0.29, 0.717) is 38.5 Å². The number of amides is 2. The number of aliphatic carboxylic acids is 1. The number of ether oxygens (including phenoxy) is 1. The third kappa shape index (κ3) is 4.59. The maximum absolute atomic E-state index is 11.8. The van der Waals surface area contributed by atoms with Gasteiger partial charge in [0.25, 0.3) is 0 Å². The maximum Gasteiger partial charge on any atom is 0.314 e. The van der Waals surface area contributed by atoms with Crippen molar-refractivity contribution in [1.82, 2.24) is 10.6 Å². The van der Waals surface area contributed by atoms with Crippen LogP contribution < -0.4 is 10.6 Å². The van der Waals surface area contributed by atoms with Gasteiger partial charge in [-0.05, 0) is 31.6 Å². The van der Waals surface area contributed by atoms with Gasteiger partial charge in [-0.3, -0.25) is 4.79 Å². The Bertz CT molecular complexity index is 361. The maximum atomic E-state index is 11.8. The zero-order chi connectivity index (χ0) is 15.1. The summed E-state index contributed by atoms with van der Waals surface area (Å²) in [5.74, 6) is -0.278. The highest BCUT2D eigenvalue weighted by Crippen LogP contribution is 2.30. The number of nitrogens with one attached hydrogen (secondary N) is 2. The van der Waals surface area contributed by atoms with Crippen LogP contribution in [0.4, 0.5) is 4.79 Å². The Kier molecular flexibility index (Phi) is 5.85. The summed E-state index contributed by atoms with van der Waals surface area (Å²) in [5, 5.41) is 15.0. The first-order valence-corrected chi connectivity index (χ1v) is 7.95. The van der Waals surface area contributed by atoms with Crippen LogP contribution in [-0.2, 0) is 9.53 Å². The third-order valence-corrected chi connectivity index (χ3v) is 4.77. The molecule has 0 atom stereocenters. The molecule has 2 aliphatic rings. The monoisotopic (exact) mass is 298 g/mol. The molecular weight excluding hydrogens is 272 g/mol. The second-order valence-electron chi connectivity index (χ2n) is 6.27. The molecule has 6 nitrogen and oxygen atoms in total. The summed E-state index contributed by atoms with van der Waals surface area (Å²) in [6.45, 7) is 1.74. The van der Waals surface area contributed by atoms with Gasteiger partial charge in [0.15, 0.2) is 0 Å². The number of carbonyl (C=O) groups excluding carboxylic acids is 1. The average Bonchev–Trinajstić information content (AvgIpc) is 2.52. The van der Waals surface area contributed by atoms with E-state index in [4.69, 9.17) is 4.74 Å². The Morgan fingerprint density at radius 1 is 1.10 bits per heavy atom. The molecule has 2 fully saturated rings. The van der Waals surface area contributed by atoms with E-state index in [2.05, 4.69) is 10.6 Å². The summed E-state index contributed by atoms with van der Waals surface area (Å²) >= 11 is 0. The molecule has 0 bridgehead atoms. The molecule has 21 heavy (non-hydrogen) atoms. The van der Waals surface area contributed by atoms with Crippen molar-refractivity contribution in [3.05, 3.63) is 0 Å². The van der Waals surface area contributed by atoms with Gasteiger partial charge in [0.05, 0.1) is 5.41 Å². The van der Waals surface area contributed by atoms with Gasteiger partial charge in [-0.1, -0.05) is 19.3 Å². The van der Waals surface area contributed by atoms with E-state index in [0.717, 1.165) is 0 Å². The van der Waals surface area contributed by atoms with E-state index >= 15 is 0 Å². The third-order valence-electron chi connectivity index (χ3n) is 4.77. The molecule has 0 aromatic carbocycles. The van der Waals surface area contributed by atoms with Crippen molar-refractivity contribution in [3.8, 4) is 0 Å². The zero-order valence-electron chi connectivity index (χ0n) is 12.5. The SMILES string of the molecule is O=C(NCC1CCCCC1)NCC1(C(=O)O)CCOCC1. The van der Waals surface area contributed by atoms with Gasteiger partial charge in [-0.2, -0.15) is 0 Å². The summed E-state index contributed by atoms with van der Waals surface area (Å²) in [5.41, 5.74) is -0.875. The predicted octanol–water partition coefficient (Wildman–Crippen LogP) is 1.75. The number of urea groups is 1. The summed E-state index contributed by atoms with van der Waals surface area (Å²) < 4.78 is 5.22. The minimum atomic E-state index is -0.875. The lowest BCUT2D eigenvalue weighted by atomic mass is 9.80. The lowest BCUT2D eigenvalue weighted by Gasteiger charge is -2.33. The van der Waals surface area contributed by atoms with Crippen molar-refractivity contribution in [2.45, 2.75) is 44.9 Å². The van der Waals surface area contributed by atoms with E-state index in [1.807, 2.05) is 0 Å². The fourth-order valence-electron chi connectivity index (χ4n) is 3.17. The van der Waals surface area contributed by atoms with Crippen molar-refractivity contribution in [2.75, 3.05) is 26.3 Å². The molecule has 0 unspecified atom stereocenters. The van der Waals surface area contributed by atoms with Crippen LogP contribution in [0.3, 0.4) is 0 Å². The van der Waals surface area contributed by atoms with E-state index in [1.54, 1.807) is 0 Å². The first kappa shape index (κ1) is 16.1. The van der Waals surface area contributed by atoms with Crippen molar-refractivity contribution in [2.24, 2.45) is 11.3 Å². The number of carboxylic acids is 1. The Hall–Kier alpha value is -1.30. The number of carboxylic acid groups (broad SMARTS) is 1. The number of rotatable bonds is 5. The van der Waals surface area contributed by atoms with Crippen LogP contribution in [0.5, 0.6) is 0 Å². The number of hydrogen-bond donors (Lipinski definition) is 3. The Labute approximate surface area is 125 Å². The van der Waals surface area contributed by atoms with Crippen molar-refractivity contribution < 1.29 is 19.4 Å². The molecular formula is C15H26N2O4. The standard InChI is InChI=1S/C15H26N2O4/c18-13(19)15(6-8-21-9-7-15)11-17-14(20)16-10-12-4-2-1-3-5-12/h12H,1-11H2,(H,18,19)(H2,16,17,20). The van der Waals surface area contributed by atoms with E-state index in [-0.39, 0.29) is 12.6 Å². The van der Waals surface area contributed by atoms with Gasteiger partial charge < -0.3 is 20.5 Å². The number of carbonyl (C=O) groups is 2. The first-order valence-electron chi connectivity index (χ1n) is 7.95. The fraction of sp³-hybridized carbons (Fsp3) is 0.867. The van der Waals surface area contributed by atoms with Crippen molar-refractivity contribution in [1.29, 1.82) is 0 Å². The highest BCUT2D eigenvalue weighted by atomic mass is 16.5. The molecule has 1 aliphatic heterocycles. The van der Waals surface area contributed by atoms with E-state index in [1.165, 1.54) is 32.1 Å². The van der Waals surface area contributed by atoms with E-state index in [9.17, 15) is 14.7 Å². The van der Waals surface area contributed by atoms with Gasteiger partial charge in [0.2, 0.25) is 0 Å². The molecule has 2 rings (SSSR count). The molecule has 120 valence electrons. The molecule has 2 amide bonds. The van der Waals surface area contributed by atoms with Gasteiger partial charge in [-0.15, -0.1) is 0 Å². The summed E-state index contributed by atoms with van der Waals surface area (Å²) in [7, 11) is 0. The number of hydrogen-bond acceptors (Lipinski definition) is 3. The second-order valence-corrected chi connectivity index (χ2v) is 6.27. The molecule has 6 heteroatoms. The summed E-state index contributed by atoms with van der Waals surface area (Å²) in [4.78, 5) is 23.3. The Morgan fingerprint density at radius 3 is 2.38 bits per heavy atom. The van der Waals surface area contributed by atoms with E-state index < -0.39 is 11.4 Å².